The Hall–Kier alpha value is -3.15. The largest absolute Gasteiger partial charge is 0.480 e. The van der Waals surface area contributed by atoms with Gasteiger partial charge in [0, 0.05) is 17.8 Å². The summed E-state index contributed by atoms with van der Waals surface area (Å²) in [6.45, 7) is 0.135. The number of carboxylic acid groups (broad SMARTS) is 1. The van der Waals surface area contributed by atoms with Gasteiger partial charge in [0.1, 0.15) is 12.2 Å². The van der Waals surface area contributed by atoms with Crippen molar-refractivity contribution >= 4 is 11.9 Å². The quantitative estimate of drug-likeness (QED) is 0.754. The Kier molecular flexibility index (Phi) is 4.33. The fourth-order valence-corrected chi connectivity index (χ4v) is 2.22. The zero-order valence-corrected chi connectivity index (χ0v) is 12.3. The molecule has 0 aliphatic heterocycles. The molecule has 0 bridgehead atoms. The van der Waals surface area contributed by atoms with Gasteiger partial charge in [0.15, 0.2) is 0 Å². The molecule has 0 unspecified atom stereocenters. The first-order valence-corrected chi connectivity index (χ1v) is 7.11. The highest BCUT2D eigenvalue weighted by atomic mass is 16.5. The number of pyridine rings is 1. The zero-order chi connectivity index (χ0) is 16.1. The highest BCUT2D eigenvalue weighted by Crippen LogP contribution is 2.24. The molecule has 0 aliphatic rings. The van der Waals surface area contributed by atoms with Crippen LogP contribution in [0.5, 0.6) is 0 Å². The molecule has 6 nitrogen and oxygen atoms in total. The van der Waals surface area contributed by atoms with E-state index in [0.29, 0.717) is 18.1 Å². The van der Waals surface area contributed by atoms with E-state index in [4.69, 9.17) is 9.63 Å². The second kappa shape index (κ2) is 6.74. The van der Waals surface area contributed by atoms with E-state index in [1.807, 2.05) is 48.5 Å². The summed E-state index contributed by atoms with van der Waals surface area (Å²) in [5.74, 6) is -0.546. The van der Waals surface area contributed by atoms with Crippen molar-refractivity contribution in [2.75, 3.05) is 11.4 Å². The Labute approximate surface area is 133 Å². The maximum absolute atomic E-state index is 11.1. The molecule has 3 aromatic rings. The van der Waals surface area contributed by atoms with Crippen molar-refractivity contribution in [1.29, 1.82) is 0 Å². The van der Waals surface area contributed by atoms with E-state index in [1.54, 1.807) is 17.2 Å². The van der Waals surface area contributed by atoms with E-state index in [2.05, 4.69) is 10.1 Å². The summed E-state index contributed by atoms with van der Waals surface area (Å²) in [7, 11) is 0. The van der Waals surface area contributed by atoms with Crippen LogP contribution < -0.4 is 4.90 Å². The third-order valence-corrected chi connectivity index (χ3v) is 3.28. The number of anilines is 1. The molecular formula is C17H15N3O3. The van der Waals surface area contributed by atoms with Gasteiger partial charge in [0.2, 0.25) is 5.88 Å². The lowest BCUT2D eigenvalue weighted by molar-refractivity contribution is -0.135. The Morgan fingerprint density at radius 2 is 1.91 bits per heavy atom. The number of hydrogen-bond donors (Lipinski definition) is 1. The van der Waals surface area contributed by atoms with Crippen molar-refractivity contribution in [2.24, 2.45) is 0 Å². The molecule has 116 valence electrons. The second-order valence-electron chi connectivity index (χ2n) is 4.99. The van der Waals surface area contributed by atoms with E-state index >= 15 is 0 Å². The molecule has 0 saturated carbocycles. The normalized spacial score (nSPS) is 10.4. The van der Waals surface area contributed by atoms with Crippen LogP contribution in [0.4, 0.5) is 5.88 Å². The zero-order valence-electron chi connectivity index (χ0n) is 12.3. The van der Waals surface area contributed by atoms with Gasteiger partial charge in [-0.2, -0.15) is 0 Å². The standard InChI is InChI=1S/C17H15N3O3/c21-17(22)12-20(11-14-8-4-5-9-18-14)16-10-15(19-23-16)13-6-2-1-3-7-13/h1-10H,11-12H2,(H,21,22). The maximum Gasteiger partial charge on any atom is 0.323 e. The molecule has 0 saturated heterocycles. The summed E-state index contributed by atoms with van der Waals surface area (Å²) >= 11 is 0. The average molecular weight is 309 g/mol. The second-order valence-corrected chi connectivity index (χ2v) is 4.99. The molecule has 0 amide bonds. The van der Waals surface area contributed by atoms with Crippen LogP contribution in [0.1, 0.15) is 5.69 Å². The van der Waals surface area contributed by atoms with Gasteiger partial charge in [-0.3, -0.25) is 9.78 Å². The molecule has 2 heterocycles. The summed E-state index contributed by atoms with van der Waals surface area (Å²) in [5.41, 5.74) is 2.33. The third kappa shape index (κ3) is 3.74. The van der Waals surface area contributed by atoms with Crippen LogP contribution in [-0.4, -0.2) is 27.8 Å². The Balaban J connectivity index is 1.85. The highest BCUT2D eigenvalue weighted by molar-refractivity contribution is 5.73. The lowest BCUT2D eigenvalue weighted by Crippen LogP contribution is -2.29. The number of aliphatic carboxylic acids is 1. The first-order chi connectivity index (χ1) is 11.2. The smallest absolute Gasteiger partial charge is 0.323 e. The average Bonchev–Trinajstić information content (AvgIpc) is 3.06. The van der Waals surface area contributed by atoms with E-state index in [-0.39, 0.29) is 6.54 Å². The van der Waals surface area contributed by atoms with Crippen LogP contribution in [0.15, 0.2) is 65.3 Å². The fourth-order valence-electron chi connectivity index (χ4n) is 2.22. The maximum atomic E-state index is 11.1. The molecule has 23 heavy (non-hydrogen) atoms. The molecule has 1 aromatic carbocycles. The number of nitrogens with zero attached hydrogens (tertiary/aromatic N) is 3. The van der Waals surface area contributed by atoms with Gasteiger partial charge in [-0.05, 0) is 12.1 Å². The predicted molar refractivity (Wildman–Crippen MR) is 84.9 cm³/mol. The summed E-state index contributed by atoms with van der Waals surface area (Å²) in [6.07, 6.45) is 1.67. The van der Waals surface area contributed by atoms with Gasteiger partial charge >= 0.3 is 5.97 Å². The van der Waals surface area contributed by atoms with E-state index < -0.39 is 5.97 Å². The molecule has 0 spiro atoms. The van der Waals surface area contributed by atoms with Gasteiger partial charge in [-0.1, -0.05) is 41.6 Å². The Morgan fingerprint density at radius 3 is 2.61 bits per heavy atom. The van der Waals surface area contributed by atoms with Crippen LogP contribution >= 0.6 is 0 Å². The molecule has 0 fully saturated rings. The summed E-state index contributed by atoms with van der Waals surface area (Å²) in [5, 5.41) is 13.1. The summed E-state index contributed by atoms with van der Waals surface area (Å²) < 4.78 is 5.34. The minimum Gasteiger partial charge on any atom is -0.480 e. The van der Waals surface area contributed by atoms with Crippen molar-refractivity contribution in [3.8, 4) is 11.3 Å². The van der Waals surface area contributed by atoms with Crippen LogP contribution in [-0.2, 0) is 11.3 Å². The Morgan fingerprint density at radius 1 is 1.13 bits per heavy atom. The topological polar surface area (TPSA) is 79.5 Å². The minimum absolute atomic E-state index is 0.194. The van der Waals surface area contributed by atoms with Crippen LogP contribution in [0.2, 0.25) is 0 Å². The van der Waals surface area contributed by atoms with Crippen molar-refractivity contribution < 1.29 is 14.4 Å². The highest BCUT2D eigenvalue weighted by Gasteiger charge is 2.17. The number of aromatic nitrogens is 2. The monoisotopic (exact) mass is 309 g/mol. The van der Waals surface area contributed by atoms with Gasteiger partial charge in [-0.25, -0.2) is 0 Å². The molecule has 1 N–H and O–H groups in total. The van der Waals surface area contributed by atoms with Gasteiger partial charge in [0.25, 0.3) is 0 Å². The molecule has 2 aromatic heterocycles. The summed E-state index contributed by atoms with van der Waals surface area (Å²) in [4.78, 5) is 16.9. The molecule has 0 aliphatic carbocycles. The van der Waals surface area contributed by atoms with Crippen LogP contribution in [0, 0.1) is 0 Å². The molecule has 0 radical (unpaired) electrons. The first-order valence-electron chi connectivity index (χ1n) is 7.11. The van der Waals surface area contributed by atoms with E-state index in [0.717, 1.165) is 11.3 Å². The molecule has 0 atom stereocenters. The van der Waals surface area contributed by atoms with Crippen molar-refractivity contribution in [1.82, 2.24) is 10.1 Å². The van der Waals surface area contributed by atoms with Crippen molar-refractivity contribution in [3.63, 3.8) is 0 Å². The van der Waals surface area contributed by atoms with Crippen molar-refractivity contribution in [2.45, 2.75) is 6.54 Å². The van der Waals surface area contributed by atoms with Crippen molar-refractivity contribution in [3.05, 3.63) is 66.5 Å². The van der Waals surface area contributed by atoms with Gasteiger partial charge in [0.05, 0.1) is 12.2 Å². The Bertz CT molecular complexity index is 772. The third-order valence-electron chi connectivity index (χ3n) is 3.28. The number of benzene rings is 1. The number of rotatable bonds is 6. The van der Waals surface area contributed by atoms with Gasteiger partial charge in [-0.15, -0.1) is 0 Å². The summed E-state index contributed by atoms with van der Waals surface area (Å²) in [6, 6.07) is 16.8. The molecule has 6 heteroatoms. The minimum atomic E-state index is -0.946. The van der Waals surface area contributed by atoms with E-state index in [9.17, 15) is 4.79 Å². The van der Waals surface area contributed by atoms with Gasteiger partial charge < -0.3 is 14.5 Å². The van der Waals surface area contributed by atoms with Crippen LogP contribution in [0.25, 0.3) is 11.3 Å². The number of carboxylic acids is 1. The molecular weight excluding hydrogens is 294 g/mol. The SMILES string of the molecule is O=C(O)CN(Cc1ccccn1)c1cc(-c2ccccc2)no1. The molecule has 3 rings (SSSR count). The first kappa shape index (κ1) is 14.8. The van der Waals surface area contributed by atoms with E-state index in [1.165, 1.54) is 0 Å². The lowest BCUT2D eigenvalue weighted by Gasteiger charge is -2.18. The predicted octanol–water partition coefficient (Wildman–Crippen LogP) is 2.83. The lowest BCUT2D eigenvalue weighted by atomic mass is 10.1. The number of hydrogen-bond acceptors (Lipinski definition) is 5. The fraction of sp³-hybridized carbons (Fsp3) is 0.118. The van der Waals surface area contributed by atoms with Crippen LogP contribution in [0.3, 0.4) is 0 Å². The number of carbonyl (C=O) groups is 1.